The predicted molar refractivity (Wildman–Crippen MR) is 69.0 cm³/mol. The second-order valence-electron chi connectivity index (χ2n) is 2.38. The number of benzene rings is 1. The Labute approximate surface area is 98.1 Å². The molecule has 0 saturated carbocycles. The van der Waals surface area contributed by atoms with Crippen molar-refractivity contribution in [3.8, 4) is 5.75 Å². The van der Waals surface area contributed by atoms with Crippen LogP contribution in [0.5, 0.6) is 5.75 Å². The minimum atomic E-state index is -1.29. The van der Waals surface area contributed by atoms with Gasteiger partial charge in [-0.25, -0.2) is 4.39 Å². The zero-order valence-corrected chi connectivity index (χ0v) is 10.8. The monoisotopic (exact) mass is 268 g/mol. The average molecular weight is 268 g/mol. The van der Waals surface area contributed by atoms with E-state index in [1.54, 1.807) is 23.5 Å². The summed E-state index contributed by atoms with van der Waals surface area (Å²) in [4.78, 5) is 0. The van der Waals surface area contributed by atoms with Crippen molar-refractivity contribution in [1.82, 2.24) is 0 Å². The smallest absolute Gasteiger partial charge is 0.156 e. The summed E-state index contributed by atoms with van der Waals surface area (Å²) < 4.78 is 18.0. The average Bonchev–Trinajstić information content (AvgIpc) is 2.18. The van der Waals surface area contributed by atoms with Crippen LogP contribution < -0.4 is 4.52 Å². The van der Waals surface area contributed by atoms with E-state index in [1.165, 1.54) is 12.1 Å². The molecule has 0 spiro atoms. The normalized spacial score (nSPS) is 12.4. The highest BCUT2D eigenvalue weighted by Gasteiger charge is 1.98. The molecule has 0 aliphatic carbocycles. The van der Waals surface area contributed by atoms with Gasteiger partial charge in [-0.05, 0) is 41.8 Å². The van der Waals surface area contributed by atoms with Crippen LogP contribution in [-0.2, 0) is 11.8 Å². The third-order valence-corrected chi connectivity index (χ3v) is 5.78. The molecule has 1 unspecified atom stereocenters. The Kier molecular flexibility index (Phi) is 5.94. The lowest BCUT2D eigenvalue weighted by molar-refractivity contribution is 0.611. The summed E-state index contributed by atoms with van der Waals surface area (Å²) in [6.07, 6.45) is -1.29. The molecule has 1 atom stereocenters. The number of hydrogen-bond donors (Lipinski definition) is 1. The Morgan fingerprint density at radius 1 is 1.43 bits per heavy atom. The van der Waals surface area contributed by atoms with Gasteiger partial charge in [-0.2, -0.15) is 12.6 Å². The molecule has 0 amide bonds. The van der Waals surface area contributed by atoms with Crippen molar-refractivity contribution >= 4 is 41.9 Å². The van der Waals surface area contributed by atoms with Gasteiger partial charge in [-0.1, -0.05) is 11.4 Å². The maximum atomic E-state index is 12.5. The summed E-state index contributed by atoms with van der Waals surface area (Å²) >= 11 is 10.8. The molecule has 14 heavy (non-hydrogen) atoms. The lowest BCUT2D eigenvalue weighted by atomic mass is 10.3. The number of halogens is 1. The van der Waals surface area contributed by atoms with E-state index in [0.29, 0.717) is 5.75 Å². The second kappa shape index (κ2) is 6.72. The lowest BCUT2D eigenvalue weighted by Gasteiger charge is -2.06. The van der Waals surface area contributed by atoms with Crippen LogP contribution in [0.4, 0.5) is 4.39 Å². The number of thiol groups is 1. The van der Waals surface area contributed by atoms with Crippen molar-refractivity contribution < 1.29 is 8.91 Å². The SMILES string of the molecule is Fc1ccc(O[PH](=S)SCCS)cc1. The minimum absolute atomic E-state index is 0.265. The Bertz CT molecular complexity index is 304. The van der Waals surface area contributed by atoms with Gasteiger partial charge >= 0.3 is 0 Å². The first-order chi connectivity index (χ1) is 6.72. The van der Waals surface area contributed by atoms with E-state index in [1.807, 2.05) is 0 Å². The molecule has 0 heterocycles. The molecule has 1 aromatic rings. The van der Waals surface area contributed by atoms with Gasteiger partial charge in [0, 0.05) is 5.75 Å². The summed E-state index contributed by atoms with van der Waals surface area (Å²) in [5.74, 6) is 2.06. The molecule has 0 radical (unpaired) electrons. The largest absolute Gasteiger partial charge is 0.459 e. The first-order valence-corrected chi connectivity index (χ1v) is 8.82. The molecule has 0 aliphatic heterocycles. The molecule has 0 saturated heterocycles. The van der Waals surface area contributed by atoms with E-state index in [-0.39, 0.29) is 5.82 Å². The Morgan fingerprint density at radius 3 is 2.64 bits per heavy atom. The molecule has 78 valence electrons. The maximum Gasteiger partial charge on any atom is 0.156 e. The van der Waals surface area contributed by atoms with Crippen molar-refractivity contribution in [3.63, 3.8) is 0 Å². The molecule has 0 N–H and O–H groups in total. The van der Waals surface area contributed by atoms with Crippen LogP contribution in [0.1, 0.15) is 0 Å². The topological polar surface area (TPSA) is 9.23 Å². The number of rotatable bonds is 5. The van der Waals surface area contributed by atoms with Crippen LogP contribution in [0.15, 0.2) is 24.3 Å². The van der Waals surface area contributed by atoms with E-state index in [9.17, 15) is 4.39 Å². The quantitative estimate of drug-likeness (QED) is 0.648. The highest BCUT2D eigenvalue weighted by atomic mass is 32.9. The van der Waals surface area contributed by atoms with Gasteiger partial charge in [-0.3, -0.25) is 0 Å². The molecule has 0 bridgehead atoms. The molecule has 0 aromatic heterocycles. The van der Waals surface area contributed by atoms with Gasteiger partial charge in [0.2, 0.25) is 0 Å². The second-order valence-corrected chi connectivity index (χ2v) is 8.09. The summed E-state index contributed by atoms with van der Waals surface area (Å²) in [6, 6.07) is 5.91. The zero-order chi connectivity index (χ0) is 10.4. The predicted octanol–water partition coefficient (Wildman–Crippen LogP) is 3.37. The summed E-state index contributed by atoms with van der Waals surface area (Å²) in [5.41, 5.74) is 0. The molecule has 0 aliphatic rings. The van der Waals surface area contributed by atoms with Crippen LogP contribution in [0.3, 0.4) is 0 Å². The van der Waals surface area contributed by atoms with Gasteiger partial charge < -0.3 is 4.52 Å². The van der Waals surface area contributed by atoms with Crippen LogP contribution >= 0.6 is 30.1 Å². The fraction of sp³-hybridized carbons (Fsp3) is 0.250. The minimum Gasteiger partial charge on any atom is -0.459 e. The molecule has 1 rings (SSSR count). The lowest BCUT2D eigenvalue weighted by Crippen LogP contribution is -1.81. The van der Waals surface area contributed by atoms with Crippen molar-refractivity contribution in [2.45, 2.75) is 0 Å². The Balaban J connectivity index is 2.44. The van der Waals surface area contributed by atoms with Crippen molar-refractivity contribution in [2.75, 3.05) is 11.5 Å². The van der Waals surface area contributed by atoms with Gasteiger partial charge in [0.05, 0.1) is 0 Å². The Morgan fingerprint density at radius 2 is 2.07 bits per heavy atom. The standard InChI is InChI=1S/C8H10FOPS3/c9-7-1-3-8(4-2-7)10-11(13)14-6-5-12/h1-4,11-12H,5-6H2. The van der Waals surface area contributed by atoms with E-state index in [0.717, 1.165) is 11.5 Å². The van der Waals surface area contributed by atoms with Crippen molar-refractivity contribution in [2.24, 2.45) is 0 Å². The van der Waals surface area contributed by atoms with E-state index in [2.05, 4.69) is 12.6 Å². The summed E-state index contributed by atoms with van der Waals surface area (Å²) in [5, 5.41) is 0. The van der Waals surface area contributed by atoms with E-state index < -0.39 is 6.13 Å². The van der Waals surface area contributed by atoms with Crippen LogP contribution in [0.25, 0.3) is 0 Å². The van der Waals surface area contributed by atoms with E-state index >= 15 is 0 Å². The zero-order valence-electron chi connectivity index (χ0n) is 7.27. The molecular weight excluding hydrogens is 258 g/mol. The van der Waals surface area contributed by atoms with E-state index in [4.69, 9.17) is 16.3 Å². The first kappa shape index (κ1) is 12.4. The first-order valence-electron chi connectivity index (χ1n) is 3.93. The van der Waals surface area contributed by atoms with Crippen LogP contribution in [0, 0.1) is 5.82 Å². The fourth-order valence-corrected chi connectivity index (χ4v) is 4.50. The molecule has 6 heteroatoms. The Hall–Kier alpha value is 0.300. The third-order valence-electron chi connectivity index (χ3n) is 1.33. The summed E-state index contributed by atoms with van der Waals surface area (Å²) in [7, 11) is 0. The summed E-state index contributed by atoms with van der Waals surface area (Å²) in [6.45, 7) is 0. The molecule has 1 aromatic carbocycles. The fourth-order valence-electron chi connectivity index (χ4n) is 0.757. The van der Waals surface area contributed by atoms with Gasteiger partial charge in [-0.15, -0.1) is 0 Å². The molecule has 0 fully saturated rings. The maximum absolute atomic E-state index is 12.5. The highest BCUT2D eigenvalue weighted by molar-refractivity contribution is 8.62. The molecule has 1 nitrogen and oxygen atoms in total. The van der Waals surface area contributed by atoms with Gasteiger partial charge in [0.15, 0.2) is 6.13 Å². The van der Waals surface area contributed by atoms with Crippen molar-refractivity contribution in [1.29, 1.82) is 0 Å². The van der Waals surface area contributed by atoms with Crippen LogP contribution in [-0.4, -0.2) is 11.5 Å². The third kappa shape index (κ3) is 4.69. The van der Waals surface area contributed by atoms with Crippen LogP contribution in [0.2, 0.25) is 0 Å². The molecular formula is C8H10FOPS3. The number of hydrogen-bond acceptors (Lipinski definition) is 4. The van der Waals surface area contributed by atoms with Gasteiger partial charge in [0.1, 0.15) is 11.6 Å². The van der Waals surface area contributed by atoms with Gasteiger partial charge in [0.25, 0.3) is 0 Å². The highest BCUT2D eigenvalue weighted by Crippen LogP contribution is 2.39. The van der Waals surface area contributed by atoms with Crippen molar-refractivity contribution in [3.05, 3.63) is 30.1 Å².